The van der Waals surface area contributed by atoms with E-state index < -0.39 is 18.1 Å². The Kier molecular flexibility index (Phi) is 29.4. The molecule has 0 unspecified atom stereocenters. The fourth-order valence-corrected chi connectivity index (χ4v) is 0. The van der Waals surface area contributed by atoms with E-state index >= 15 is 0 Å². The predicted octanol–water partition coefficient (Wildman–Crippen LogP) is -8.84. The van der Waals surface area contributed by atoms with Crippen molar-refractivity contribution >= 4 is 87.3 Å². The Balaban J connectivity index is -0.0000000370. The van der Waals surface area contributed by atoms with E-state index in [9.17, 15) is 28.8 Å². The first-order valence-corrected chi connectivity index (χ1v) is 5.72. The third kappa shape index (κ3) is 48.2. The molecule has 0 aliphatic carbocycles. The monoisotopic (exact) mass is 286 g/mol. The predicted molar refractivity (Wildman–Crippen MR) is 42.8 cm³/mol. The van der Waals surface area contributed by atoms with Crippen LogP contribution in [0.4, 0.5) is 0 Å². The molecule has 0 aromatic heterocycles. The third-order valence-corrected chi connectivity index (χ3v) is 1.50. The molecule has 0 aliphatic rings. The third-order valence-electron chi connectivity index (χ3n) is 0.500. The van der Waals surface area contributed by atoms with Gasteiger partial charge in [-0.15, -0.1) is 18.1 Å². The summed E-state index contributed by atoms with van der Waals surface area (Å²) in [6, 6.07) is 0. The van der Waals surface area contributed by atoms with Crippen LogP contribution in [0.3, 0.4) is 0 Å². The fraction of sp³-hybridized carbons (Fsp3) is 1.00. The Bertz CT molecular complexity index is 99.4. The van der Waals surface area contributed by atoms with Crippen LogP contribution in [-0.2, 0) is 8.85 Å². The molecule has 0 N–H and O–H groups in total. The Morgan fingerprint density at radius 3 is 0.667 bits per heavy atom. The molecule has 0 heterocycles. The molecule has 0 atom stereocenters. The summed E-state index contributed by atoms with van der Waals surface area (Å²) in [5.41, 5.74) is 0. The summed E-state index contributed by atoms with van der Waals surface area (Å²) in [5.74, 6) is 0. The number of hydrogen-bond acceptors (Lipinski definition) is 8. The molecule has 0 rings (SSSR count). The Morgan fingerprint density at radius 1 is 0.600 bits per heavy atom. The summed E-state index contributed by atoms with van der Waals surface area (Å²) in [5, 5.41) is 0. The van der Waals surface area contributed by atoms with Gasteiger partial charge in [-0.1, -0.05) is 0 Å². The molecule has 0 amide bonds. The minimum atomic E-state index is -4.88. The van der Waals surface area contributed by atoms with Crippen LogP contribution in [0.5, 0.6) is 0 Å². The second-order valence-electron chi connectivity index (χ2n) is 1.41. The van der Waals surface area contributed by atoms with Gasteiger partial charge < -0.3 is 37.6 Å². The van der Waals surface area contributed by atoms with Crippen LogP contribution in [0.25, 0.3) is 0 Å². The van der Waals surface area contributed by atoms with Crippen molar-refractivity contribution in [2.75, 3.05) is 14.2 Å². The van der Waals surface area contributed by atoms with E-state index in [1.807, 2.05) is 0 Å². The zero-order chi connectivity index (χ0) is 10.4. The largest absolute Gasteiger partial charge is 2.00 e. The molecular formula is C2H6Mg3O8Si2. The smallest absolute Gasteiger partial charge is 0.861 e. The SMILES string of the molecule is CO[Si]([O-])([O-])[O-].CO[Si]([O-])([O-])[O-].[Mg+2].[Mg+2].[Mg+2]. The van der Waals surface area contributed by atoms with Gasteiger partial charge in [0.1, 0.15) is 0 Å². The van der Waals surface area contributed by atoms with Gasteiger partial charge in [-0.2, -0.15) is 0 Å². The Morgan fingerprint density at radius 2 is 0.667 bits per heavy atom. The van der Waals surface area contributed by atoms with Crippen molar-refractivity contribution in [1.82, 2.24) is 0 Å². The van der Waals surface area contributed by atoms with Gasteiger partial charge in [0.2, 0.25) is 0 Å². The Hall–Kier alpha value is 2.41. The van der Waals surface area contributed by atoms with Gasteiger partial charge in [-0.25, -0.2) is 0 Å². The number of hydrogen-bond donors (Lipinski definition) is 0. The van der Waals surface area contributed by atoms with Crippen molar-refractivity contribution in [3.8, 4) is 0 Å². The van der Waals surface area contributed by atoms with Crippen LogP contribution in [0.1, 0.15) is 0 Å². The number of rotatable bonds is 2. The van der Waals surface area contributed by atoms with Gasteiger partial charge in [0.05, 0.1) is 0 Å². The molecule has 8 nitrogen and oxygen atoms in total. The van der Waals surface area contributed by atoms with E-state index in [2.05, 4.69) is 8.85 Å². The van der Waals surface area contributed by atoms with Gasteiger partial charge in [0, 0.05) is 14.2 Å². The molecule has 13 heteroatoms. The molecule has 0 radical (unpaired) electrons. The minimum absolute atomic E-state index is 0. The summed E-state index contributed by atoms with van der Waals surface area (Å²) in [4.78, 5) is 55.7. The summed E-state index contributed by atoms with van der Waals surface area (Å²) in [7, 11) is -8.10. The molecule has 76 valence electrons. The second kappa shape index (κ2) is 14.5. The maximum Gasteiger partial charge on any atom is 2.00 e. The van der Waals surface area contributed by atoms with E-state index in [0.717, 1.165) is 14.2 Å². The summed E-state index contributed by atoms with van der Waals surface area (Å²) in [6.45, 7) is 0. The Labute approximate surface area is 138 Å². The molecule has 0 bridgehead atoms. The van der Waals surface area contributed by atoms with E-state index in [-0.39, 0.29) is 69.2 Å². The average Bonchev–Trinajstić information content (AvgIpc) is 1.86. The molecule has 15 heavy (non-hydrogen) atoms. The second-order valence-corrected chi connectivity index (χ2v) is 4.22. The first kappa shape index (κ1) is 30.4. The van der Waals surface area contributed by atoms with Gasteiger partial charge in [0.15, 0.2) is 0 Å². The van der Waals surface area contributed by atoms with Gasteiger partial charge in [-0.05, 0) is 0 Å². The molecule has 0 saturated heterocycles. The zero-order valence-electron chi connectivity index (χ0n) is 8.39. The van der Waals surface area contributed by atoms with Crippen LogP contribution < -0.4 is 28.8 Å². The molecule has 0 aromatic carbocycles. The first-order chi connectivity index (χ1) is 5.12. The van der Waals surface area contributed by atoms with Crippen molar-refractivity contribution in [2.45, 2.75) is 0 Å². The van der Waals surface area contributed by atoms with Crippen molar-refractivity contribution in [1.29, 1.82) is 0 Å². The van der Waals surface area contributed by atoms with E-state index in [1.165, 1.54) is 0 Å². The van der Waals surface area contributed by atoms with E-state index in [4.69, 9.17) is 0 Å². The maximum absolute atomic E-state index is 9.28. The summed E-state index contributed by atoms with van der Waals surface area (Å²) in [6.07, 6.45) is 0. The quantitative estimate of drug-likeness (QED) is 0.453. The van der Waals surface area contributed by atoms with Crippen molar-refractivity contribution in [2.24, 2.45) is 0 Å². The van der Waals surface area contributed by atoms with Crippen LogP contribution in [0.2, 0.25) is 0 Å². The van der Waals surface area contributed by atoms with Crippen LogP contribution in [0.15, 0.2) is 0 Å². The van der Waals surface area contributed by atoms with Crippen LogP contribution in [0, 0.1) is 0 Å². The van der Waals surface area contributed by atoms with E-state index in [1.54, 1.807) is 0 Å². The van der Waals surface area contributed by atoms with Crippen molar-refractivity contribution < 1.29 is 37.6 Å². The van der Waals surface area contributed by atoms with Gasteiger partial charge in [0.25, 0.3) is 0 Å². The van der Waals surface area contributed by atoms with Crippen LogP contribution >= 0.6 is 0 Å². The normalized spacial score (nSPS) is 9.60. The summed E-state index contributed by atoms with van der Waals surface area (Å²) < 4.78 is 6.82. The fourth-order valence-electron chi connectivity index (χ4n) is 0. The average molecular weight is 287 g/mol. The topological polar surface area (TPSA) is 157 Å². The van der Waals surface area contributed by atoms with Crippen LogP contribution in [-0.4, -0.2) is 101 Å². The molecule has 0 aromatic rings. The van der Waals surface area contributed by atoms with E-state index in [0.29, 0.717) is 0 Å². The van der Waals surface area contributed by atoms with Gasteiger partial charge in [-0.3, -0.25) is 0 Å². The van der Waals surface area contributed by atoms with Crippen molar-refractivity contribution in [3.05, 3.63) is 0 Å². The molecule has 0 saturated carbocycles. The standard InChI is InChI=1S/2CH3O4Si.3Mg/c2*1-5-6(2,3)4;;;/h2*1H3;;;/q2*-3;3*+2. The molecular weight excluding hydrogens is 281 g/mol. The molecule has 0 fully saturated rings. The zero-order valence-corrected chi connectivity index (χ0v) is 14.6. The van der Waals surface area contributed by atoms with Gasteiger partial charge >= 0.3 is 69.2 Å². The maximum atomic E-state index is 9.28. The summed E-state index contributed by atoms with van der Waals surface area (Å²) >= 11 is 0. The first-order valence-electron chi connectivity index (χ1n) is 2.45. The molecule has 0 spiro atoms. The van der Waals surface area contributed by atoms with Crippen molar-refractivity contribution in [3.63, 3.8) is 0 Å². The minimum Gasteiger partial charge on any atom is -0.861 e. The molecule has 0 aliphatic heterocycles.